The quantitative estimate of drug-likeness (QED) is 0.852. The third-order valence-corrected chi connectivity index (χ3v) is 5.45. The molecule has 0 unspecified atom stereocenters. The van der Waals surface area contributed by atoms with Crippen molar-refractivity contribution in [3.8, 4) is 0 Å². The molecule has 4 nitrogen and oxygen atoms in total. The third kappa shape index (κ3) is 5.19. The molecular weight excluding hydrogens is 336 g/mol. The van der Waals surface area contributed by atoms with Gasteiger partial charge in [-0.05, 0) is 30.4 Å². The van der Waals surface area contributed by atoms with E-state index in [1.54, 1.807) is 6.92 Å². The predicted octanol–water partition coefficient (Wildman–Crippen LogP) is 3.58. The van der Waals surface area contributed by atoms with Crippen LogP contribution in [0.3, 0.4) is 0 Å². The molecule has 1 saturated heterocycles. The van der Waals surface area contributed by atoms with Gasteiger partial charge >= 0.3 is 0 Å². The van der Waals surface area contributed by atoms with E-state index >= 15 is 0 Å². The van der Waals surface area contributed by atoms with Gasteiger partial charge in [0.05, 0.1) is 0 Å². The van der Waals surface area contributed by atoms with E-state index in [1.807, 2.05) is 17.0 Å². The second-order valence-corrected chi connectivity index (χ2v) is 7.23. The molecule has 142 valence electrons. The first-order valence-electron chi connectivity index (χ1n) is 9.78. The molecule has 0 spiro atoms. The lowest BCUT2D eigenvalue weighted by Crippen LogP contribution is -2.42. The van der Waals surface area contributed by atoms with Crippen molar-refractivity contribution in [1.82, 2.24) is 10.2 Å². The number of amides is 2. The van der Waals surface area contributed by atoms with Gasteiger partial charge in [0.2, 0.25) is 11.8 Å². The lowest BCUT2D eigenvalue weighted by Gasteiger charge is -2.30. The number of hydrogen-bond acceptors (Lipinski definition) is 2. The van der Waals surface area contributed by atoms with E-state index in [4.69, 9.17) is 0 Å². The number of nitrogens with one attached hydrogen (secondary N) is 1. The minimum atomic E-state index is 0.0208. The molecule has 0 aliphatic carbocycles. The highest BCUT2D eigenvalue weighted by Crippen LogP contribution is 2.27. The molecule has 0 radical (unpaired) electrons. The van der Waals surface area contributed by atoms with E-state index in [2.05, 4.69) is 53.8 Å². The van der Waals surface area contributed by atoms with Gasteiger partial charge in [-0.3, -0.25) is 9.59 Å². The van der Waals surface area contributed by atoms with Crippen LogP contribution in [0.1, 0.15) is 43.2 Å². The molecule has 1 N–H and O–H groups in total. The maximum Gasteiger partial charge on any atom is 0.223 e. The first-order valence-corrected chi connectivity index (χ1v) is 9.78. The molecule has 0 bridgehead atoms. The Morgan fingerprint density at radius 1 is 0.963 bits per heavy atom. The first-order chi connectivity index (χ1) is 13.1. The number of nitrogens with zero attached hydrogens (tertiary/aromatic N) is 1. The molecule has 27 heavy (non-hydrogen) atoms. The van der Waals surface area contributed by atoms with E-state index in [0.717, 1.165) is 19.3 Å². The molecule has 1 fully saturated rings. The second kappa shape index (κ2) is 9.36. The van der Waals surface area contributed by atoms with Crippen LogP contribution in [-0.4, -0.2) is 36.3 Å². The number of rotatable bonds is 6. The fourth-order valence-corrected chi connectivity index (χ4v) is 3.84. The summed E-state index contributed by atoms with van der Waals surface area (Å²) in [7, 11) is 0. The summed E-state index contributed by atoms with van der Waals surface area (Å²) in [5, 5.41) is 3.12. The van der Waals surface area contributed by atoms with Crippen molar-refractivity contribution >= 4 is 11.8 Å². The highest BCUT2D eigenvalue weighted by molar-refractivity contribution is 5.79. The summed E-state index contributed by atoms with van der Waals surface area (Å²) in [5.74, 6) is 0.514. The highest BCUT2D eigenvalue weighted by Gasteiger charge is 2.26. The third-order valence-electron chi connectivity index (χ3n) is 5.45. The Balaban J connectivity index is 1.55. The van der Waals surface area contributed by atoms with E-state index in [9.17, 15) is 9.59 Å². The number of benzene rings is 2. The summed E-state index contributed by atoms with van der Waals surface area (Å²) in [4.78, 5) is 25.8. The van der Waals surface area contributed by atoms with Gasteiger partial charge in [0.15, 0.2) is 0 Å². The molecule has 2 amide bonds. The molecule has 3 rings (SSSR count). The lowest BCUT2D eigenvalue weighted by molar-refractivity contribution is -0.133. The van der Waals surface area contributed by atoms with Crippen molar-refractivity contribution in [3.05, 3.63) is 71.8 Å². The zero-order valence-corrected chi connectivity index (χ0v) is 15.9. The van der Waals surface area contributed by atoms with Crippen LogP contribution in [0.15, 0.2) is 60.7 Å². The summed E-state index contributed by atoms with van der Waals surface area (Å²) in [5.41, 5.74) is 2.54. The van der Waals surface area contributed by atoms with Crippen LogP contribution in [0.25, 0.3) is 0 Å². The summed E-state index contributed by atoms with van der Waals surface area (Å²) in [6, 6.07) is 20.9. The second-order valence-electron chi connectivity index (χ2n) is 7.23. The van der Waals surface area contributed by atoms with Crippen molar-refractivity contribution < 1.29 is 9.59 Å². The van der Waals surface area contributed by atoms with Crippen LogP contribution in [0.5, 0.6) is 0 Å². The number of hydrogen-bond donors (Lipinski definition) is 1. The van der Waals surface area contributed by atoms with Gasteiger partial charge in [0, 0.05) is 38.4 Å². The van der Waals surface area contributed by atoms with Crippen molar-refractivity contribution in [2.75, 3.05) is 19.6 Å². The molecule has 2 aromatic rings. The van der Waals surface area contributed by atoms with E-state index < -0.39 is 0 Å². The van der Waals surface area contributed by atoms with Gasteiger partial charge < -0.3 is 10.2 Å². The van der Waals surface area contributed by atoms with Crippen LogP contribution in [-0.2, 0) is 9.59 Å². The summed E-state index contributed by atoms with van der Waals surface area (Å²) < 4.78 is 0. The number of carbonyl (C=O) groups is 2. The van der Waals surface area contributed by atoms with Crippen LogP contribution in [0.4, 0.5) is 0 Å². The summed E-state index contributed by atoms with van der Waals surface area (Å²) in [6.45, 7) is 3.61. The minimum Gasteiger partial charge on any atom is -0.356 e. The molecular formula is C23H28N2O2. The zero-order chi connectivity index (χ0) is 19.1. The Kier molecular flexibility index (Phi) is 6.64. The summed E-state index contributed by atoms with van der Waals surface area (Å²) >= 11 is 0. The standard InChI is InChI=1S/C23H28N2O2/c1-18(26)25-16-13-21(14-17-25)23(27)24-15-12-22(19-8-4-2-5-9-19)20-10-6-3-7-11-20/h2-11,21-22H,12-17H2,1H3,(H,24,27). The number of piperidine rings is 1. The largest absolute Gasteiger partial charge is 0.356 e. The Morgan fingerprint density at radius 3 is 1.96 bits per heavy atom. The van der Waals surface area contributed by atoms with Crippen LogP contribution in [0, 0.1) is 5.92 Å². The Morgan fingerprint density at radius 2 is 1.48 bits per heavy atom. The SMILES string of the molecule is CC(=O)N1CCC(C(=O)NCCC(c2ccccc2)c2ccccc2)CC1. The van der Waals surface area contributed by atoms with Crippen molar-refractivity contribution in [2.24, 2.45) is 5.92 Å². The average molecular weight is 364 g/mol. The van der Waals surface area contributed by atoms with Crippen molar-refractivity contribution in [1.29, 1.82) is 0 Å². The predicted molar refractivity (Wildman–Crippen MR) is 107 cm³/mol. The van der Waals surface area contributed by atoms with Crippen LogP contribution in [0.2, 0.25) is 0 Å². The van der Waals surface area contributed by atoms with Gasteiger partial charge in [-0.2, -0.15) is 0 Å². The molecule has 0 atom stereocenters. The van der Waals surface area contributed by atoms with Gasteiger partial charge in [-0.25, -0.2) is 0 Å². The normalized spacial score (nSPS) is 15.0. The van der Waals surface area contributed by atoms with E-state index in [1.165, 1.54) is 11.1 Å². The van der Waals surface area contributed by atoms with Crippen molar-refractivity contribution in [3.63, 3.8) is 0 Å². The van der Waals surface area contributed by atoms with Gasteiger partial charge in [-0.15, -0.1) is 0 Å². The zero-order valence-electron chi connectivity index (χ0n) is 15.9. The molecule has 1 aliphatic rings. The first kappa shape index (κ1) is 19.2. The van der Waals surface area contributed by atoms with Crippen LogP contribution >= 0.6 is 0 Å². The number of carbonyl (C=O) groups excluding carboxylic acids is 2. The molecule has 0 aromatic heterocycles. The molecule has 4 heteroatoms. The molecule has 2 aromatic carbocycles. The molecule has 1 heterocycles. The lowest BCUT2D eigenvalue weighted by atomic mass is 9.88. The Labute approximate surface area is 161 Å². The van der Waals surface area contributed by atoms with Crippen molar-refractivity contribution in [2.45, 2.75) is 32.1 Å². The highest BCUT2D eigenvalue weighted by atomic mass is 16.2. The van der Waals surface area contributed by atoms with Crippen LogP contribution < -0.4 is 5.32 Å². The molecule has 0 saturated carbocycles. The van der Waals surface area contributed by atoms with E-state index in [-0.39, 0.29) is 23.7 Å². The maximum absolute atomic E-state index is 12.5. The van der Waals surface area contributed by atoms with Gasteiger partial charge in [0.1, 0.15) is 0 Å². The fraction of sp³-hybridized carbons (Fsp3) is 0.391. The molecule has 1 aliphatic heterocycles. The summed E-state index contributed by atoms with van der Waals surface area (Å²) in [6.07, 6.45) is 2.38. The topological polar surface area (TPSA) is 49.4 Å². The van der Waals surface area contributed by atoms with Gasteiger partial charge in [0.25, 0.3) is 0 Å². The van der Waals surface area contributed by atoms with E-state index in [0.29, 0.717) is 19.6 Å². The maximum atomic E-state index is 12.5. The van der Waals surface area contributed by atoms with Gasteiger partial charge in [-0.1, -0.05) is 60.7 Å². The fourth-order valence-electron chi connectivity index (χ4n) is 3.84. The average Bonchev–Trinajstić information content (AvgIpc) is 2.72. The minimum absolute atomic E-state index is 0.0208. The number of likely N-dealkylation sites (tertiary alicyclic amines) is 1. The Hall–Kier alpha value is -2.62. The Bertz CT molecular complexity index is 698. The smallest absolute Gasteiger partial charge is 0.223 e. The monoisotopic (exact) mass is 364 g/mol.